The van der Waals surface area contributed by atoms with Crippen LogP contribution in [0.3, 0.4) is 0 Å². The Balaban J connectivity index is 0.00000300. The predicted molar refractivity (Wildman–Crippen MR) is 134 cm³/mol. The van der Waals surface area contributed by atoms with Crippen LogP contribution in [0.5, 0.6) is 0 Å². The molecule has 0 saturated carbocycles. The van der Waals surface area contributed by atoms with Crippen molar-refractivity contribution in [2.75, 3.05) is 44.0 Å². The van der Waals surface area contributed by atoms with Gasteiger partial charge in [0.25, 0.3) is 0 Å². The number of hydrogen-bond donors (Lipinski definition) is 2. The Kier molecular flexibility index (Phi) is 8.82. The average Bonchev–Trinajstić information content (AvgIpc) is 3.14. The van der Waals surface area contributed by atoms with Gasteiger partial charge in [-0.05, 0) is 48.7 Å². The van der Waals surface area contributed by atoms with Gasteiger partial charge in [-0.15, -0.1) is 24.0 Å². The Morgan fingerprint density at radius 1 is 1.34 bits per heavy atom. The molecular weight excluding hydrogens is 499 g/mol. The number of benzene rings is 1. The normalized spacial score (nSPS) is 16.4. The SMILES string of the molecule is CN=C(NCc1ccc(N(C)C)cc1C)NC1CCN(c2ncccc2Cl)C1.I. The van der Waals surface area contributed by atoms with E-state index in [0.717, 1.165) is 37.8 Å². The number of rotatable bonds is 5. The fourth-order valence-corrected chi connectivity index (χ4v) is 3.65. The molecule has 158 valence electrons. The van der Waals surface area contributed by atoms with E-state index in [0.29, 0.717) is 11.1 Å². The molecule has 29 heavy (non-hydrogen) atoms. The number of hydrogen-bond acceptors (Lipinski definition) is 4. The van der Waals surface area contributed by atoms with Gasteiger partial charge in [-0.2, -0.15) is 0 Å². The van der Waals surface area contributed by atoms with Crippen LogP contribution < -0.4 is 20.4 Å². The van der Waals surface area contributed by atoms with Gasteiger partial charge in [-0.3, -0.25) is 4.99 Å². The van der Waals surface area contributed by atoms with Crippen LogP contribution in [-0.2, 0) is 6.54 Å². The molecule has 2 heterocycles. The lowest BCUT2D eigenvalue weighted by Crippen LogP contribution is -2.44. The average molecular weight is 529 g/mol. The Labute approximate surface area is 195 Å². The molecule has 6 nitrogen and oxygen atoms in total. The molecule has 2 N–H and O–H groups in total. The van der Waals surface area contributed by atoms with Crippen LogP contribution in [0.1, 0.15) is 17.5 Å². The summed E-state index contributed by atoms with van der Waals surface area (Å²) in [6.07, 6.45) is 2.80. The fourth-order valence-electron chi connectivity index (χ4n) is 3.40. The number of halogens is 2. The molecular formula is C21H30ClIN6. The molecule has 0 amide bonds. The van der Waals surface area contributed by atoms with Gasteiger partial charge in [0, 0.05) is 58.7 Å². The van der Waals surface area contributed by atoms with Gasteiger partial charge in [0.2, 0.25) is 0 Å². The minimum Gasteiger partial charge on any atom is -0.378 e. The predicted octanol–water partition coefficient (Wildman–Crippen LogP) is 3.67. The zero-order valence-corrected chi connectivity index (χ0v) is 20.5. The largest absolute Gasteiger partial charge is 0.378 e. The summed E-state index contributed by atoms with van der Waals surface area (Å²) >= 11 is 6.28. The van der Waals surface area contributed by atoms with Crippen molar-refractivity contribution >= 4 is 53.0 Å². The van der Waals surface area contributed by atoms with Gasteiger partial charge in [0.05, 0.1) is 5.02 Å². The lowest BCUT2D eigenvalue weighted by atomic mass is 10.1. The molecule has 0 radical (unpaired) electrons. The molecule has 2 aromatic rings. The summed E-state index contributed by atoms with van der Waals surface area (Å²) in [5.74, 6) is 1.67. The van der Waals surface area contributed by atoms with E-state index in [1.165, 1.54) is 16.8 Å². The Morgan fingerprint density at radius 2 is 2.14 bits per heavy atom. The lowest BCUT2D eigenvalue weighted by Gasteiger charge is -2.21. The lowest BCUT2D eigenvalue weighted by molar-refractivity contribution is 0.648. The third-order valence-corrected chi connectivity index (χ3v) is 5.38. The molecule has 1 atom stereocenters. The highest BCUT2D eigenvalue weighted by molar-refractivity contribution is 14.0. The van der Waals surface area contributed by atoms with Crippen molar-refractivity contribution in [2.24, 2.45) is 4.99 Å². The third-order valence-electron chi connectivity index (χ3n) is 5.08. The molecule has 1 saturated heterocycles. The van der Waals surface area contributed by atoms with Crippen LogP contribution in [0.25, 0.3) is 0 Å². The summed E-state index contributed by atoms with van der Waals surface area (Å²) < 4.78 is 0. The van der Waals surface area contributed by atoms with Gasteiger partial charge in [0.15, 0.2) is 5.96 Å². The van der Waals surface area contributed by atoms with E-state index in [4.69, 9.17) is 11.6 Å². The van der Waals surface area contributed by atoms with Crippen molar-refractivity contribution < 1.29 is 0 Å². The highest BCUT2D eigenvalue weighted by Gasteiger charge is 2.25. The van der Waals surface area contributed by atoms with E-state index in [9.17, 15) is 0 Å². The standard InChI is InChI=1S/C21H29ClN6.HI/c1-15-12-18(27(3)4)8-7-16(15)13-25-21(23-2)26-17-9-11-28(14-17)20-19(22)6-5-10-24-20;/h5-8,10,12,17H,9,11,13-14H2,1-4H3,(H2,23,25,26);1H. The molecule has 8 heteroatoms. The third kappa shape index (κ3) is 6.12. The fraction of sp³-hybridized carbons (Fsp3) is 0.429. The summed E-state index contributed by atoms with van der Waals surface area (Å²) in [5.41, 5.74) is 3.75. The first-order chi connectivity index (χ1) is 13.5. The minimum atomic E-state index is 0. The van der Waals surface area contributed by atoms with Crippen LogP contribution in [0.15, 0.2) is 41.5 Å². The molecule has 1 aromatic carbocycles. The van der Waals surface area contributed by atoms with Crippen LogP contribution in [0.2, 0.25) is 5.02 Å². The summed E-state index contributed by atoms with van der Waals surface area (Å²) in [5, 5.41) is 7.65. The molecule has 0 bridgehead atoms. The summed E-state index contributed by atoms with van der Waals surface area (Å²) in [6, 6.07) is 10.6. The van der Waals surface area contributed by atoms with E-state index in [1.54, 1.807) is 13.2 Å². The first-order valence-electron chi connectivity index (χ1n) is 9.57. The van der Waals surface area contributed by atoms with Crippen molar-refractivity contribution in [3.05, 3.63) is 52.7 Å². The number of aromatic nitrogens is 1. The number of nitrogens with zero attached hydrogens (tertiary/aromatic N) is 4. The molecule has 1 aromatic heterocycles. The van der Waals surface area contributed by atoms with Gasteiger partial charge in [-0.25, -0.2) is 4.98 Å². The van der Waals surface area contributed by atoms with E-state index < -0.39 is 0 Å². The number of anilines is 2. The number of nitrogens with one attached hydrogen (secondary N) is 2. The maximum Gasteiger partial charge on any atom is 0.191 e. The molecule has 1 aliphatic rings. The smallest absolute Gasteiger partial charge is 0.191 e. The maximum absolute atomic E-state index is 6.28. The highest BCUT2D eigenvalue weighted by atomic mass is 127. The van der Waals surface area contributed by atoms with Gasteiger partial charge in [0.1, 0.15) is 5.82 Å². The maximum atomic E-state index is 6.28. The molecule has 0 spiro atoms. The van der Waals surface area contributed by atoms with Crippen LogP contribution >= 0.6 is 35.6 Å². The molecule has 3 rings (SSSR count). The monoisotopic (exact) mass is 528 g/mol. The van der Waals surface area contributed by atoms with Crippen LogP contribution in [0.4, 0.5) is 11.5 Å². The first-order valence-corrected chi connectivity index (χ1v) is 9.95. The first kappa shape index (κ1) is 23.5. The Bertz CT molecular complexity index is 842. The van der Waals surface area contributed by atoms with E-state index in [1.807, 2.05) is 12.1 Å². The van der Waals surface area contributed by atoms with Gasteiger partial charge < -0.3 is 20.4 Å². The number of pyridine rings is 1. The van der Waals surface area contributed by atoms with Crippen molar-refractivity contribution in [3.63, 3.8) is 0 Å². The number of guanidine groups is 1. The molecule has 1 fully saturated rings. The van der Waals surface area contributed by atoms with E-state index in [2.05, 4.69) is 69.6 Å². The zero-order valence-electron chi connectivity index (χ0n) is 17.4. The van der Waals surface area contributed by atoms with E-state index in [-0.39, 0.29) is 24.0 Å². The van der Waals surface area contributed by atoms with Crippen LogP contribution in [0, 0.1) is 6.92 Å². The number of aryl methyl sites for hydroxylation is 1. The van der Waals surface area contributed by atoms with Crippen molar-refractivity contribution in [1.82, 2.24) is 15.6 Å². The number of aliphatic imine (C=N–C) groups is 1. The highest BCUT2D eigenvalue weighted by Crippen LogP contribution is 2.25. The molecule has 1 aliphatic heterocycles. The topological polar surface area (TPSA) is 55.8 Å². The Morgan fingerprint density at radius 3 is 2.79 bits per heavy atom. The second-order valence-corrected chi connectivity index (χ2v) is 7.72. The molecule has 0 aliphatic carbocycles. The van der Waals surface area contributed by atoms with Crippen molar-refractivity contribution in [2.45, 2.75) is 25.9 Å². The van der Waals surface area contributed by atoms with Gasteiger partial charge >= 0.3 is 0 Å². The second kappa shape index (κ2) is 10.9. The minimum absolute atomic E-state index is 0. The van der Waals surface area contributed by atoms with Crippen LogP contribution in [-0.4, -0.2) is 51.2 Å². The zero-order chi connectivity index (χ0) is 20.1. The molecule has 1 unspecified atom stereocenters. The summed E-state index contributed by atoms with van der Waals surface area (Å²) in [4.78, 5) is 13.1. The van der Waals surface area contributed by atoms with E-state index >= 15 is 0 Å². The Hall–Kier alpha value is -1.74. The van der Waals surface area contributed by atoms with Crippen molar-refractivity contribution in [1.29, 1.82) is 0 Å². The summed E-state index contributed by atoms with van der Waals surface area (Å²) in [7, 11) is 5.92. The quantitative estimate of drug-likeness (QED) is 0.352. The van der Waals surface area contributed by atoms with Crippen molar-refractivity contribution in [3.8, 4) is 0 Å². The summed E-state index contributed by atoms with van der Waals surface area (Å²) in [6.45, 7) is 4.66. The second-order valence-electron chi connectivity index (χ2n) is 7.32. The van der Waals surface area contributed by atoms with Gasteiger partial charge in [-0.1, -0.05) is 17.7 Å².